The predicted octanol–water partition coefficient (Wildman–Crippen LogP) is 1.66. The van der Waals surface area contributed by atoms with Gasteiger partial charge in [-0.2, -0.15) is 0 Å². The maximum Gasteiger partial charge on any atom is 0.162 e. The molecule has 0 amide bonds. The fraction of sp³-hybridized carbons (Fsp3) is 0.625. The van der Waals surface area contributed by atoms with Crippen molar-refractivity contribution in [3.8, 4) is 0 Å². The van der Waals surface area contributed by atoms with Gasteiger partial charge in [-0.25, -0.2) is 0 Å². The van der Waals surface area contributed by atoms with E-state index in [9.17, 15) is 4.79 Å². The van der Waals surface area contributed by atoms with E-state index < -0.39 is 0 Å². The Bertz CT molecular complexity index is 149. The molecule has 0 aliphatic carbocycles. The molecule has 56 valence electrons. The summed E-state index contributed by atoms with van der Waals surface area (Å²) in [6.07, 6.45) is 5.76. The van der Waals surface area contributed by atoms with Gasteiger partial charge in [0.25, 0.3) is 0 Å². The molecule has 0 N–H and O–H groups in total. The van der Waals surface area contributed by atoms with E-state index in [0.717, 1.165) is 12.8 Å². The number of allylic oxidation sites excluding steroid dienone is 1. The fourth-order valence-electron chi connectivity index (χ4n) is 1.06. The van der Waals surface area contributed by atoms with Crippen molar-refractivity contribution in [3.05, 3.63) is 12.3 Å². The maximum absolute atomic E-state index is 10.8. The summed E-state index contributed by atoms with van der Waals surface area (Å²) in [7, 11) is 0. The van der Waals surface area contributed by atoms with Crippen LogP contribution in [0.25, 0.3) is 0 Å². The Kier molecular flexibility index (Phi) is 2.49. The van der Waals surface area contributed by atoms with Crippen LogP contribution in [-0.2, 0) is 9.53 Å². The Labute approximate surface area is 60.9 Å². The van der Waals surface area contributed by atoms with Crippen LogP contribution in [-0.4, -0.2) is 11.9 Å². The summed E-state index contributed by atoms with van der Waals surface area (Å²) in [5.41, 5.74) is 0. The first-order valence-corrected chi connectivity index (χ1v) is 3.67. The molecule has 1 unspecified atom stereocenters. The lowest BCUT2D eigenvalue weighted by atomic mass is 10.1. The molecule has 0 saturated carbocycles. The summed E-state index contributed by atoms with van der Waals surface area (Å²) in [4.78, 5) is 10.8. The van der Waals surface area contributed by atoms with Crippen molar-refractivity contribution in [2.24, 2.45) is 0 Å². The molecule has 1 aliphatic rings. The Balaban J connectivity index is 2.36. The van der Waals surface area contributed by atoms with Gasteiger partial charge in [-0.05, 0) is 6.42 Å². The SMILES string of the molecule is CCCC1CC(=O)C=CO1. The van der Waals surface area contributed by atoms with E-state index in [1.54, 1.807) is 0 Å². The van der Waals surface area contributed by atoms with Crippen LogP contribution < -0.4 is 0 Å². The van der Waals surface area contributed by atoms with Crippen LogP contribution in [0.3, 0.4) is 0 Å². The summed E-state index contributed by atoms with van der Waals surface area (Å²) in [6, 6.07) is 0. The number of carbonyl (C=O) groups is 1. The molecule has 1 heterocycles. The minimum atomic E-state index is 0.141. The zero-order chi connectivity index (χ0) is 7.40. The molecule has 1 rings (SSSR count). The molecule has 0 bridgehead atoms. The van der Waals surface area contributed by atoms with Gasteiger partial charge in [0.2, 0.25) is 0 Å². The molecular formula is C8H12O2. The molecule has 1 aliphatic heterocycles. The zero-order valence-electron chi connectivity index (χ0n) is 6.17. The molecule has 1 atom stereocenters. The van der Waals surface area contributed by atoms with Crippen molar-refractivity contribution in [1.82, 2.24) is 0 Å². The Hall–Kier alpha value is -0.790. The molecule has 0 radical (unpaired) electrons. The van der Waals surface area contributed by atoms with Crippen LogP contribution in [0.2, 0.25) is 0 Å². The maximum atomic E-state index is 10.8. The lowest BCUT2D eigenvalue weighted by molar-refractivity contribution is -0.118. The summed E-state index contributed by atoms with van der Waals surface area (Å²) in [6.45, 7) is 2.09. The lowest BCUT2D eigenvalue weighted by Gasteiger charge is -2.17. The minimum Gasteiger partial charge on any atom is -0.497 e. The summed E-state index contributed by atoms with van der Waals surface area (Å²) < 4.78 is 5.19. The highest BCUT2D eigenvalue weighted by atomic mass is 16.5. The highest BCUT2D eigenvalue weighted by Crippen LogP contribution is 2.12. The van der Waals surface area contributed by atoms with Crippen molar-refractivity contribution >= 4 is 5.78 Å². The third-order valence-corrected chi connectivity index (χ3v) is 1.56. The first-order chi connectivity index (χ1) is 4.83. The Morgan fingerprint density at radius 3 is 3.20 bits per heavy atom. The summed E-state index contributed by atoms with van der Waals surface area (Å²) >= 11 is 0. The number of ether oxygens (including phenoxy) is 1. The molecule has 0 aromatic rings. The van der Waals surface area contributed by atoms with Gasteiger partial charge in [0.15, 0.2) is 5.78 Å². The molecule has 0 fully saturated rings. The molecule has 0 spiro atoms. The number of carbonyl (C=O) groups excluding carboxylic acids is 1. The number of rotatable bonds is 2. The number of hydrogen-bond acceptors (Lipinski definition) is 2. The first kappa shape index (κ1) is 7.32. The monoisotopic (exact) mass is 140 g/mol. The van der Waals surface area contributed by atoms with Crippen molar-refractivity contribution in [2.75, 3.05) is 0 Å². The standard InChI is InChI=1S/C8H12O2/c1-2-3-8-6-7(9)4-5-10-8/h4-5,8H,2-3,6H2,1H3. The molecule has 0 aromatic heterocycles. The number of hydrogen-bond donors (Lipinski definition) is 0. The average molecular weight is 140 g/mol. The predicted molar refractivity (Wildman–Crippen MR) is 38.5 cm³/mol. The lowest BCUT2D eigenvalue weighted by Crippen LogP contribution is -2.17. The van der Waals surface area contributed by atoms with Crippen molar-refractivity contribution in [1.29, 1.82) is 0 Å². The second kappa shape index (κ2) is 3.40. The van der Waals surface area contributed by atoms with Crippen LogP contribution in [0.4, 0.5) is 0 Å². The highest BCUT2D eigenvalue weighted by Gasteiger charge is 2.14. The van der Waals surface area contributed by atoms with Gasteiger partial charge in [-0.15, -0.1) is 0 Å². The summed E-state index contributed by atoms with van der Waals surface area (Å²) in [5.74, 6) is 0.185. The van der Waals surface area contributed by atoms with Gasteiger partial charge >= 0.3 is 0 Å². The van der Waals surface area contributed by atoms with Crippen LogP contribution >= 0.6 is 0 Å². The normalized spacial score (nSPS) is 24.5. The molecular weight excluding hydrogens is 128 g/mol. The topological polar surface area (TPSA) is 26.3 Å². The smallest absolute Gasteiger partial charge is 0.162 e. The highest BCUT2D eigenvalue weighted by molar-refractivity contribution is 5.90. The minimum absolute atomic E-state index is 0.141. The van der Waals surface area contributed by atoms with Gasteiger partial charge in [-0.3, -0.25) is 4.79 Å². The van der Waals surface area contributed by atoms with Crippen molar-refractivity contribution in [2.45, 2.75) is 32.3 Å². The van der Waals surface area contributed by atoms with Crippen LogP contribution in [0, 0.1) is 0 Å². The summed E-state index contributed by atoms with van der Waals surface area (Å²) in [5, 5.41) is 0. The van der Waals surface area contributed by atoms with Gasteiger partial charge < -0.3 is 4.74 Å². The van der Waals surface area contributed by atoms with Crippen molar-refractivity contribution < 1.29 is 9.53 Å². The van der Waals surface area contributed by atoms with E-state index in [1.807, 2.05) is 0 Å². The fourth-order valence-corrected chi connectivity index (χ4v) is 1.06. The van der Waals surface area contributed by atoms with E-state index in [2.05, 4.69) is 6.92 Å². The quantitative estimate of drug-likeness (QED) is 0.583. The van der Waals surface area contributed by atoms with Gasteiger partial charge in [0.1, 0.15) is 6.10 Å². The zero-order valence-corrected chi connectivity index (χ0v) is 6.17. The van der Waals surface area contributed by atoms with E-state index in [4.69, 9.17) is 4.74 Å². The second-order valence-corrected chi connectivity index (χ2v) is 2.52. The van der Waals surface area contributed by atoms with Crippen molar-refractivity contribution in [3.63, 3.8) is 0 Å². The van der Waals surface area contributed by atoms with Crippen LogP contribution in [0.5, 0.6) is 0 Å². The first-order valence-electron chi connectivity index (χ1n) is 3.67. The second-order valence-electron chi connectivity index (χ2n) is 2.52. The van der Waals surface area contributed by atoms with E-state index in [0.29, 0.717) is 6.42 Å². The Morgan fingerprint density at radius 2 is 2.60 bits per heavy atom. The third kappa shape index (κ3) is 1.87. The van der Waals surface area contributed by atoms with Gasteiger partial charge in [0, 0.05) is 12.5 Å². The van der Waals surface area contributed by atoms with Gasteiger partial charge in [0.05, 0.1) is 6.26 Å². The van der Waals surface area contributed by atoms with E-state index in [-0.39, 0.29) is 11.9 Å². The van der Waals surface area contributed by atoms with Gasteiger partial charge in [-0.1, -0.05) is 13.3 Å². The molecule has 0 saturated heterocycles. The number of ketones is 1. The average Bonchev–Trinajstić information content (AvgIpc) is 1.88. The molecule has 2 nitrogen and oxygen atoms in total. The largest absolute Gasteiger partial charge is 0.497 e. The van der Waals surface area contributed by atoms with Crippen LogP contribution in [0.1, 0.15) is 26.2 Å². The molecule has 0 aromatic carbocycles. The van der Waals surface area contributed by atoms with Crippen LogP contribution in [0.15, 0.2) is 12.3 Å². The Morgan fingerprint density at radius 1 is 1.80 bits per heavy atom. The molecule has 10 heavy (non-hydrogen) atoms. The molecule has 2 heteroatoms. The van der Waals surface area contributed by atoms with E-state index in [1.165, 1.54) is 12.3 Å². The third-order valence-electron chi connectivity index (χ3n) is 1.56. The van der Waals surface area contributed by atoms with E-state index >= 15 is 0 Å².